The Morgan fingerprint density at radius 2 is 2.04 bits per heavy atom. The van der Waals surface area contributed by atoms with Gasteiger partial charge in [-0.1, -0.05) is 24.6 Å². The van der Waals surface area contributed by atoms with E-state index in [0.29, 0.717) is 17.8 Å². The zero-order valence-electron chi connectivity index (χ0n) is 15.5. The van der Waals surface area contributed by atoms with E-state index in [4.69, 9.17) is 0 Å². The van der Waals surface area contributed by atoms with Crippen molar-refractivity contribution in [3.63, 3.8) is 0 Å². The van der Waals surface area contributed by atoms with Gasteiger partial charge in [-0.25, -0.2) is 0 Å². The zero-order chi connectivity index (χ0) is 18.4. The maximum absolute atomic E-state index is 12.9. The highest BCUT2D eigenvalue weighted by Crippen LogP contribution is 2.33. The highest BCUT2D eigenvalue weighted by Gasteiger charge is 2.37. The number of hydrogen-bond acceptors (Lipinski definition) is 5. The number of rotatable bonds is 3. The first-order chi connectivity index (χ1) is 13.2. The monoisotopic (exact) mass is 380 g/mol. The average Bonchev–Trinajstić information content (AvgIpc) is 3.31. The third kappa shape index (κ3) is 3.11. The number of carbonyl (C=O) groups excluding carboxylic acids is 1. The maximum Gasteiger partial charge on any atom is 0.272 e. The number of piperidine rings is 2. The lowest BCUT2D eigenvalue weighted by Gasteiger charge is -2.47. The fourth-order valence-corrected chi connectivity index (χ4v) is 5.62. The molecule has 4 aliphatic rings. The molecule has 2 saturated heterocycles. The minimum atomic E-state index is -0.0689. The smallest absolute Gasteiger partial charge is 0.272 e. The third-order valence-corrected chi connectivity index (χ3v) is 7.32. The predicted octanol–water partition coefficient (Wildman–Crippen LogP) is 3.40. The van der Waals surface area contributed by atoms with Crippen molar-refractivity contribution < 1.29 is 4.79 Å². The van der Waals surface area contributed by atoms with Gasteiger partial charge in [0.2, 0.25) is 0 Å². The third-order valence-electron chi connectivity index (χ3n) is 6.37. The number of nitrogens with one attached hydrogen (secondary N) is 1. The van der Waals surface area contributed by atoms with E-state index in [-0.39, 0.29) is 11.9 Å². The van der Waals surface area contributed by atoms with E-state index in [1.54, 1.807) is 11.3 Å². The lowest BCUT2D eigenvalue weighted by atomic mass is 9.82. The molecule has 2 unspecified atom stereocenters. The van der Waals surface area contributed by atoms with Crippen molar-refractivity contribution in [2.75, 3.05) is 7.05 Å². The average molecular weight is 381 g/mol. The second-order valence-corrected chi connectivity index (χ2v) is 8.92. The number of carbonyl (C=O) groups is 1. The summed E-state index contributed by atoms with van der Waals surface area (Å²) in [6, 6.07) is 5.63. The Morgan fingerprint density at radius 3 is 2.78 bits per heavy atom. The number of nitrogens with zero attached hydrogens (tertiary/aromatic N) is 3. The van der Waals surface area contributed by atoms with E-state index in [1.165, 1.54) is 29.7 Å². The number of fused-ring (bicyclic) bond motifs is 3. The van der Waals surface area contributed by atoms with Crippen molar-refractivity contribution >= 4 is 34.2 Å². The first-order valence-corrected chi connectivity index (χ1v) is 10.7. The summed E-state index contributed by atoms with van der Waals surface area (Å²) in [6.07, 6.45) is 10.7. The van der Waals surface area contributed by atoms with Crippen LogP contribution in [0.1, 0.15) is 43.4 Å². The molecular weight excluding hydrogens is 356 g/mol. The second kappa shape index (κ2) is 6.84. The SMILES string of the molecule is CN1C2CCCC1CC(NC(=O)C1=NN=C3CC(c4cccs4)=CC=C31)C2. The molecule has 1 aliphatic carbocycles. The molecule has 0 radical (unpaired) electrons. The topological polar surface area (TPSA) is 57.1 Å². The van der Waals surface area contributed by atoms with Crippen LogP contribution in [0.15, 0.2) is 45.4 Å². The van der Waals surface area contributed by atoms with Crippen LogP contribution in [-0.2, 0) is 4.79 Å². The Hall–Kier alpha value is -2.05. The van der Waals surface area contributed by atoms with Gasteiger partial charge in [0.15, 0.2) is 5.71 Å². The molecule has 6 heteroatoms. The van der Waals surface area contributed by atoms with Crippen LogP contribution in [0.25, 0.3) is 5.57 Å². The molecule has 5 rings (SSSR count). The van der Waals surface area contributed by atoms with Crippen molar-refractivity contribution in [2.24, 2.45) is 10.2 Å². The zero-order valence-corrected chi connectivity index (χ0v) is 16.3. The molecule has 4 heterocycles. The quantitative estimate of drug-likeness (QED) is 0.874. The van der Waals surface area contributed by atoms with E-state index in [0.717, 1.165) is 30.5 Å². The van der Waals surface area contributed by atoms with Crippen LogP contribution in [0.5, 0.6) is 0 Å². The summed E-state index contributed by atoms with van der Waals surface area (Å²) in [4.78, 5) is 16.7. The largest absolute Gasteiger partial charge is 0.348 e. The van der Waals surface area contributed by atoms with Gasteiger partial charge in [0, 0.05) is 35.0 Å². The fourth-order valence-electron chi connectivity index (χ4n) is 4.87. The molecule has 2 fully saturated rings. The van der Waals surface area contributed by atoms with Gasteiger partial charge < -0.3 is 10.2 Å². The lowest BCUT2D eigenvalue weighted by Crippen LogP contribution is -2.56. The van der Waals surface area contributed by atoms with E-state index in [2.05, 4.69) is 51.1 Å². The van der Waals surface area contributed by atoms with Crippen LogP contribution >= 0.6 is 11.3 Å². The van der Waals surface area contributed by atoms with Crippen LogP contribution in [-0.4, -0.2) is 47.4 Å². The first kappa shape index (κ1) is 17.1. The van der Waals surface area contributed by atoms with Crippen LogP contribution in [0.3, 0.4) is 0 Å². The normalized spacial score (nSPS) is 30.0. The van der Waals surface area contributed by atoms with Gasteiger partial charge in [0.1, 0.15) is 0 Å². The van der Waals surface area contributed by atoms with Gasteiger partial charge in [0.05, 0.1) is 5.71 Å². The molecule has 0 aromatic carbocycles. The molecule has 0 saturated carbocycles. The van der Waals surface area contributed by atoms with Gasteiger partial charge in [-0.2, -0.15) is 5.10 Å². The Morgan fingerprint density at radius 1 is 1.22 bits per heavy atom. The summed E-state index contributed by atoms with van der Waals surface area (Å²) in [5.41, 5.74) is 3.52. The molecule has 1 amide bonds. The molecule has 0 spiro atoms. The van der Waals surface area contributed by atoms with Crippen molar-refractivity contribution in [2.45, 2.75) is 56.7 Å². The molecule has 2 atom stereocenters. The minimum absolute atomic E-state index is 0.0689. The fraction of sp³-hybridized carbons (Fsp3) is 0.476. The lowest BCUT2D eigenvalue weighted by molar-refractivity contribution is -0.116. The molecule has 1 N–H and O–H groups in total. The van der Waals surface area contributed by atoms with Crippen molar-refractivity contribution in [3.05, 3.63) is 40.1 Å². The second-order valence-electron chi connectivity index (χ2n) is 7.97. The summed E-state index contributed by atoms with van der Waals surface area (Å²) in [5, 5.41) is 13.9. The van der Waals surface area contributed by atoms with E-state index >= 15 is 0 Å². The predicted molar refractivity (Wildman–Crippen MR) is 110 cm³/mol. The molecule has 5 nitrogen and oxygen atoms in total. The van der Waals surface area contributed by atoms with Crippen molar-refractivity contribution in [1.82, 2.24) is 10.2 Å². The molecule has 27 heavy (non-hydrogen) atoms. The summed E-state index contributed by atoms with van der Waals surface area (Å²) >= 11 is 1.73. The van der Waals surface area contributed by atoms with Crippen LogP contribution in [0.4, 0.5) is 0 Å². The number of thiophene rings is 1. The van der Waals surface area contributed by atoms with E-state index in [9.17, 15) is 4.79 Å². The maximum atomic E-state index is 12.9. The standard InChI is InChI=1S/C21H24N4OS/c1-25-15-4-2-5-16(25)12-14(11-15)22-21(26)20-17-8-7-13(10-18(17)23-24-20)19-6-3-9-27-19/h3,6-9,14-16H,2,4-5,10-12H2,1H3,(H,22,26). The molecule has 140 valence electrons. The number of amides is 1. The molecular formula is C21H24N4OS. The van der Waals surface area contributed by atoms with Crippen LogP contribution < -0.4 is 5.32 Å². The van der Waals surface area contributed by atoms with Crippen molar-refractivity contribution in [1.29, 1.82) is 0 Å². The van der Waals surface area contributed by atoms with E-state index in [1.807, 2.05) is 6.08 Å². The van der Waals surface area contributed by atoms with Crippen molar-refractivity contribution in [3.8, 4) is 0 Å². The molecule has 1 aromatic heterocycles. The number of allylic oxidation sites excluding steroid dienone is 3. The molecule has 2 bridgehead atoms. The van der Waals surface area contributed by atoms with Gasteiger partial charge in [-0.15, -0.1) is 16.4 Å². The van der Waals surface area contributed by atoms with Gasteiger partial charge in [-0.05, 0) is 49.8 Å². The molecule has 3 aliphatic heterocycles. The van der Waals surface area contributed by atoms with Gasteiger partial charge >= 0.3 is 0 Å². The summed E-state index contributed by atoms with van der Waals surface area (Å²) < 4.78 is 0. The minimum Gasteiger partial charge on any atom is -0.348 e. The number of hydrogen-bond donors (Lipinski definition) is 1. The summed E-state index contributed by atoms with van der Waals surface area (Å²) in [6.45, 7) is 0. The summed E-state index contributed by atoms with van der Waals surface area (Å²) in [5.74, 6) is -0.0689. The van der Waals surface area contributed by atoms with E-state index < -0.39 is 0 Å². The Bertz CT molecular complexity index is 866. The van der Waals surface area contributed by atoms with Crippen LogP contribution in [0, 0.1) is 0 Å². The first-order valence-electron chi connectivity index (χ1n) is 9.82. The van der Waals surface area contributed by atoms with Gasteiger partial charge in [-0.3, -0.25) is 4.79 Å². The highest BCUT2D eigenvalue weighted by molar-refractivity contribution is 7.11. The molecule has 1 aromatic rings. The Labute approximate surface area is 163 Å². The Balaban J connectivity index is 1.28. The summed E-state index contributed by atoms with van der Waals surface area (Å²) in [7, 11) is 2.23. The van der Waals surface area contributed by atoms with Gasteiger partial charge in [0.25, 0.3) is 5.91 Å². The van der Waals surface area contributed by atoms with Crippen LogP contribution in [0.2, 0.25) is 0 Å². The highest BCUT2D eigenvalue weighted by atomic mass is 32.1. The Kier molecular flexibility index (Phi) is 4.32.